The van der Waals surface area contributed by atoms with E-state index in [0.29, 0.717) is 24.9 Å². The first-order chi connectivity index (χ1) is 13.5. The number of sulfonamides is 2. The van der Waals surface area contributed by atoms with Crippen molar-refractivity contribution >= 4 is 31.6 Å². The van der Waals surface area contributed by atoms with E-state index < -0.39 is 36.7 Å². The summed E-state index contributed by atoms with van der Waals surface area (Å²) in [5, 5.41) is 0. The molecule has 2 aromatic carbocycles. The zero-order valence-corrected chi connectivity index (χ0v) is 16.4. The van der Waals surface area contributed by atoms with Crippen molar-refractivity contribution < 1.29 is 30.0 Å². The average molecular weight is 447 g/mol. The minimum absolute atomic E-state index is 0.0841. The fourth-order valence-corrected chi connectivity index (χ4v) is 5.06. The molecule has 12 heteroatoms. The van der Waals surface area contributed by atoms with Gasteiger partial charge in [-0.25, -0.2) is 16.8 Å². The Morgan fingerprint density at radius 3 is 2.10 bits per heavy atom. The lowest BCUT2D eigenvalue weighted by atomic mass is 10.2. The van der Waals surface area contributed by atoms with Gasteiger partial charge < -0.3 is 0 Å². The molecule has 1 aliphatic rings. The molecule has 0 unspecified atom stereocenters. The first kappa shape index (κ1) is 21.1. The van der Waals surface area contributed by atoms with Crippen LogP contribution in [-0.2, 0) is 26.2 Å². The quantitative estimate of drug-likeness (QED) is 0.735. The van der Waals surface area contributed by atoms with Crippen LogP contribution in [0.4, 0.5) is 18.9 Å². The van der Waals surface area contributed by atoms with Gasteiger partial charge in [0.15, 0.2) is 0 Å². The van der Waals surface area contributed by atoms with Gasteiger partial charge in [-0.15, -0.1) is 0 Å². The summed E-state index contributed by atoms with van der Waals surface area (Å²) in [7, 11) is -8.44. The second-order valence-electron chi connectivity index (χ2n) is 6.16. The number of hydrogen-bond acceptors (Lipinski definition) is 5. The lowest BCUT2D eigenvalue weighted by Crippen LogP contribution is -2.29. The summed E-state index contributed by atoms with van der Waals surface area (Å²) in [5.74, 6) is 0.346. The van der Waals surface area contributed by atoms with Crippen molar-refractivity contribution in [3.63, 3.8) is 0 Å². The highest BCUT2D eigenvalue weighted by atomic mass is 32.2. The zero-order chi connectivity index (χ0) is 21.3. The smallest absolute Gasteiger partial charge is 0.280 e. The predicted octanol–water partition coefficient (Wildman–Crippen LogP) is 2.98. The van der Waals surface area contributed by atoms with Gasteiger partial charge >= 0.3 is 6.18 Å². The van der Waals surface area contributed by atoms with Crippen molar-refractivity contribution in [2.75, 3.05) is 11.3 Å². The number of anilines is 1. The minimum Gasteiger partial charge on any atom is -0.280 e. The topological polar surface area (TPSA) is 105 Å². The molecular formula is C17H16F3N3O4S2. The van der Waals surface area contributed by atoms with Crippen molar-refractivity contribution in [3.8, 4) is 0 Å². The molecule has 0 radical (unpaired) electrons. The van der Waals surface area contributed by atoms with E-state index in [1.165, 1.54) is 6.07 Å². The maximum Gasteiger partial charge on any atom is 0.417 e. The molecule has 2 N–H and O–H groups in total. The zero-order valence-electron chi connectivity index (χ0n) is 14.8. The molecule has 0 atom stereocenters. The van der Waals surface area contributed by atoms with Crippen molar-refractivity contribution in [1.29, 1.82) is 0 Å². The third-order valence-electron chi connectivity index (χ3n) is 4.03. The fraction of sp³-hybridized carbons (Fsp3) is 0.235. The van der Waals surface area contributed by atoms with Crippen LogP contribution in [0.2, 0.25) is 0 Å². The highest BCUT2D eigenvalue weighted by Gasteiger charge is 2.36. The molecule has 29 heavy (non-hydrogen) atoms. The molecule has 2 aromatic rings. The van der Waals surface area contributed by atoms with E-state index in [1.807, 2.05) is 4.72 Å². The number of halogens is 3. The Morgan fingerprint density at radius 1 is 0.862 bits per heavy atom. The van der Waals surface area contributed by atoms with Crippen LogP contribution in [0.25, 0.3) is 0 Å². The van der Waals surface area contributed by atoms with Gasteiger partial charge in [0.2, 0.25) is 0 Å². The summed E-state index contributed by atoms with van der Waals surface area (Å²) in [6, 6.07) is 8.37. The van der Waals surface area contributed by atoms with Gasteiger partial charge in [0.25, 0.3) is 20.0 Å². The first-order valence-corrected chi connectivity index (χ1v) is 11.3. The van der Waals surface area contributed by atoms with E-state index in [4.69, 9.17) is 0 Å². The molecule has 1 aliphatic heterocycles. The van der Waals surface area contributed by atoms with E-state index in [9.17, 15) is 30.0 Å². The Kier molecular flexibility index (Phi) is 5.59. The average Bonchev–Trinajstić information content (AvgIpc) is 3.13. The van der Waals surface area contributed by atoms with Crippen LogP contribution in [0.3, 0.4) is 0 Å². The summed E-state index contributed by atoms with van der Waals surface area (Å²) < 4.78 is 93.1. The number of alkyl halides is 3. The van der Waals surface area contributed by atoms with E-state index in [1.54, 1.807) is 0 Å². The SMILES string of the molecule is O=S(=O)(NC1=NCCC1)c1ccc(NS(=O)(=O)c2ccccc2C(F)(F)F)cc1. The standard InChI is InChI=1S/C17H16F3N3O4S2/c18-17(19,20)14-4-1-2-5-15(14)29(26,27)22-12-7-9-13(10-8-12)28(24,25)23-16-6-3-11-21-16/h1-2,4-5,7-10,22H,3,6,11H2,(H,21,23). The van der Waals surface area contributed by atoms with Gasteiger partial charge in [-0.3, -0.25) is 14.4 Å². The normalized spacial score (nSPS) is 15.1. The molecule has 0 saturated carbocycles. The lowest BCUT2D eigenvalue weighted by Gasteiger charge is -2.14. The highest BCUT2D eigenvalue weighted by Crippen LogP contribution is 2.34. The first-order valence-electron chi connectivity index (χ1n) is 8.34. The molecule has 0 aliphatic carbocycles. The molecule has 0 fully saturated rings. The second-order valence-corrected chi connectivity index (χ2v) is 9.49. The number of hydrogen-bond donors (Lipinski definition) is 2. The van der Waals surface area contributed by atoms with Gasteiger partial charge in [0.05, 0.1) is 15.4 Å². The molecule has 0 bridgehead atoms. The van der Waals surface area contributed by atoms with Gasteiger partial charge in [0.1, 0.15) is 5.84 Å². The highest BCUT2D eigenvalue weighted by molar-refractivity contribution is 7.92. The van der Waals surface area contributed by atoms with Crippen LogP contribution in [0, 0.1) is 0 Å². The summed E-state index contributed by atoms with van der Waals surface area (Å²) >= 11 is 0. The molecule has 0 aromatic heterocycles. The molecular weight excluding hydrogens is 431 g/mol. The van der Waals surface area contributed by atoms with E-state index in [0.717, 1.165) is 42.8 Å². The van der Waals surface area contributed by atoms with Gasteiger partial charge in [-0.1, -0.05) is 12.1 Å². The Balaban J connectivity index is 1.83. The lowest BCUT2D eigenvalue weighted by molar-refractivity contribution is -0.139. The Hall–Kier alpha value is -2.60. The van der Waals surface area contributed by atoms with E-state index in [2.05, 4.69) is 9.71 Å². The third kappa shape index (κ3) is 4.88. The van der Waals surface area contributed by atoms with Crippen molar-refractivity contribution in [1.82, 2.24) is 4.72 Å². The predicted molar refractivity (Wildman–Crippen MR) is 101 cm³/mol. The van der Waals surface area contributed by atoms with Crippen LogP contribution in [-0.4, -0.2) is 29.2 Å². The second kappa shape index (κ2) is 7.67. The minimum atomic E-state index is -4.85. The monoisotopic (exact) mass is 447 g/mol. The van der Waals surface area contributed by atoms with Gasteiger partial charge in [0, 0.05) is 18.7 Å². The molecule has 3 rings (SSSR count). The van der Waals surface area contributed by atoms with Gasteiger partial charge in [-0.2, -0.15) is 13.2 Å². The van der Waals surface area contributed by atoms with Crippen LogP contribution >= 0.6 is 0 Å². The maximum absolute atomic E-state index is 13.1. The summed E-state index contributed by atoms with van der Waals surface area (Å²) in [4.78, 5) is 2.96. The molecule has 7 nitrogen and oxygen atoms in total. The number of rotatable bonds is 5. The number of nitrogens with zero attached hydrogens (tertiary/aromatic N) is 1. The molecule has 1 heterocycles. The van der Waals surface area contributed by atoms with E-state index in [-0.39, 0.29) is 10.6 Å². The summed E-state index contributed by atoms with van der Waals surface area (Å²) in [6.07, 6.45) is -3.59. The molecule has 0 spiro atoms. The van der Waals surface area contributed by atoms with E-state index >= 15 is 0 Å². The fourth-order valence-electron chi connectivity index (χ4n) is 2.68. The van der Waals surface area contributed by atoms with Crippen molar-refractivity contribution in [2.24, 2.45) is 4.99 Å². The van der Waals surface area contributed by atoms with Crippen molar-refractivity contribution in [2.45, 2.75) is 28.8 Å². The van der Waals surface area contributed by atoms with Crippen LogP contribution in [0.5, 0.6) is 0 Å². The van der Waals surface area contributed by atoms with Crippen LogP contribution in [0.15, 0.2) is 63.3 Å². The number of nitrogens with one attached hydrogen (secondary N) is 2. The number of aliphatic imine (C=N–C) groups is 1. The Labute approximate surface area is 165 Å². The molecule has 0 amide bonds. The Morgan fingerprint density at radius 2 is 1.52 bits per heavy atom. The molecule has 156 valence electrons. The summed E-state index contributed by atoms with van der Waals surface area (Å²) in [5.41, 5.74) is -1.38. The number of benzene rings is 2. The molecule has 0 saturated heterocycles. The van der Waals surface area contributed by atoms with Crippen LogP contribution < -0.4 is 9.44 Å². The largest absolute Gasteiger partial charge is 0.417 e. The Bertz CT molecular complexity index is 1140. The van der Waals surface area contributed by atoms with Crippen molar-refractivity contribution in [3.05, 3.63) is 54.1 Å². The summed E-state index contributed by atoms with van der Waals surface area (Å²) in [6.45, 7) is 0.540. The van der Waals surface area contributed by atoms with Crippen LogP contribution in [0.1, 0.15) is 18.4 Å². The van der Waals surface area contributed by atoms with Gasteiger partial charge in [-0.05, 0) is 42.8 Å². The maximum atomic E-state index is 13.1. The number of amidine groups is 1. The third-order valence-corrected chi connectivity index (χ3v) is 6.86.